The van der Waals surface area contributed by atoms with Gasteiger partial charge in [-0.3, -0.25) is 4.68 Å². The van der Waals surface area contributed by atoms with Crippen molar-refractivity contribution in [1.29, 1.82) is 0 Å². The van der Waals surface area contributed by atoms with E-state index in [0.717, 1.165) is 5.56 Å². The van der Waals surface area contributed by atoms with E-state index in [2.05, 4.69) is 5.10 Å². The average molecular weight is 223 g/mol. The van der Waals surface area contributed by atoms with E-state index in [-0.39, 0.29) is 0 Å². The van der Waals surface area contributed by atoms with Gasteiger partial charge in [-0.25, -0.2) is 0 Å². The van der Waals surface area contributed by atoms with Gasteiger partial charge in [0.25, 0.3) is 0 Å². The van der Waals surface area contributed by atoms with Gasteiger partial charge >= 0.3 is 0 Å². The zero-order valence-electron chi connectivity index (χ0n) is 8.05. The second-order valence-electron chi connectivity index (χ2n) is 3.30. The number of aliphatic hydroxyl groups excluding tert-OH is 1. The Kier molecular flexibility index (Phi) is 3.04. The van der Waals surface area contributed by atoms with Crippen LogP contribution in [-0.2, 0) is 6.54 Å². The zero-order chi connectivity index (χ0) is 10.7. The molecule has 0 aliphatic carbocycles. The van der Waals surface area contributed by atoms with Crippen molar-refractivity contribution in [3.05, 3.63) is 53.3 Å². The van der Waals surface area contributed by atoms with Crippen molar-refractivity contribution in [2.75, 3.05) is 0 Å². The summed E-state index contributed by atoms with van der Waals surface area (Å²) in [6, 6.07) is 9.04. The Labute approximate surface area is 92.9 Å². The van der Waals surface area contributed by atoms with Crippen molar-refractivity contribution in [2.24, 2.45) is 0 Å². The number of halogens is 1. The Morgan fingerprint density at radius 2 is 2.27 bits per heavy atom. The SMILES string of the molecule is OC(Cn1cccn1)c1cccc(Cl)c1. The van der Waals surface area contributed by atoms with Gasteiger partial charge in [0.1, 0.15) is 0 Å². The molecule has 1 heterocycles. The van der Waals surface area contributed by atoms with Crippen LogP contribution in [0, 0.1) is 0 Å². The molecular weight excluding hydrogens is 212 g/mol. The van der Waals surface area contributed by atoms with Gasteiger partial charge in [0, 0.05) is 17.4 Å². The van der Waals surface area contributed by atoms with E-state index >= 15 is 0 Å². The summed E-state index contributed by atoms with van der Waals surface area (Å²) in [5.41, 5.74) is 0.804. The Morgan fingerprint density at radius 1 is 1.40 bits per heavy atom. The van der Waals surface area contributed by atoms with Crippen LogP contribution in [0.2, 0.25) is 5.02 Å². The first kappa shape index (κ1) is 10.2. The third kappa shape index (κ3) is 2.58. The minimum atomic E-state index is -0.580. The number of rotatable bonds is 3. The van der Waals surface area contributed by atoms with Crippen molar-refractivity contribution >= 4 is 11.6 Å². The number of aliphatic hydroxyl groups is 1. The molecule has 1 aromatic carbocycles. The van der Waals surface area contributed by atoms with Crippen molar-refractivity contribution in [2.45, 2.75) is 12.6 Å². The molecule has 0 radical (unpaired) electrons. The van der Waals surface area contributed by atoms with E-state index < -0.39 is 6.10 Å². The van der Waals surface area contributed by atoms with Crippen LogP contribution < -0.4 is 0 Å². The van der Waals surface area contributed by atoms with E-state index in [1.165, 1.54) is 0 Å². The molecule has 0 fully saturated rings. The van der Waals surface area contributed by atoms with Crippen LogP contribution in [0.15, 0.2) is 42.7 Å². The highest BCUT2D eigenvalue weighted by Gasteiger charge is 2.08. The Morgan fingerprint density at radius 3 is 2.93 bits per heavy atom. The van der Waals surface area contributed by atoms with Gasteiger partial charge < -0.3 is 5.11 Å². The lowest BCUT2D eigenvalue weighted by Crippen LogP contribution is -2.08. The lowest BCUT2D eigenvalue weighted by atomic mass is 10.1. The molecule has 1 unspecified atom stereocenters. The predicted octanol–water partition coefficient (Wildman–Crippen LogP) is 2.27. The predicted molar refractivity (Wildman–Crippen MR) is 58.6 cm³/mol. The van der Waals surface area contributed by atoms with Crippen molar-refractivity contribution in [3.63, 3.8) is 0 Å². The Balaban J connectivity index is 2.11. The largest absolute Gasteiger partial charge is 0.386 e. The van der Waals surface area contributed by atoms with E-state index in [0.29, 0.717) is 11.6 Å². The summed E-state index contributed by atoms with van der Waals surface area (Å²) < 4.78 is 1.69. The van der Waals surface area contributed by atoms with Gasteiger partial charge in [0.05, 0.1) is 12.6 Å². The number of aromatic nitrogens is 2. The van der Waals surface area contributed by atoms with Gasteiger partial charge in [0.2, 0.25) is 0 Å². The van der Waals surface area contributed by atoms with E-state index in [1.807, 2.05) is 24.4 Å². The standard InChI is InChI=1S/C11H11ClN2O/c12-10-4-1-3-9(7-10)11(15)8-14-6-2-5-13-14/h1-7,11,15H,8H2. The van der Waals surface area contributed by atoms with Crippen molar-refractivity contribution in [1.82, 2.24) is 9.78 Å². The molecule has 3 nitrogen and oxygen atoms in total. The second kappa shape index (κ2) is 4.47. The third-order valence-electron chi connectivity index (χ3n) is 2.15. The van der Waals surface area contributed by atoms with Gasteiger partial charge in [-0.05, 0) is 23.8 Å². The lowest BCUT2D eigenvalue weighted by molar-refractivity contribution is 0.151. The highest BCUT2D eigenvalue weighted by atomic mass is 35.5. The van der Waals surface area contributed by atoms with E-state index in [9.17, 15) is 5.11 Å². The van der Waals surface area contributed by atoms with Crippen LogP contribution in [0.25, 0.3) is 0 Å². The quantitative estimate of drug-likeness (QED) is 0.865. The molecule has 2 aromatic rings. The number of benzene rings is 1. The zero-order valence-corrected chi connectivity index (χ0v) is 8.80. The molecule has 0 amide bonds. The topological polar surface area (TPSA) is 38.0 Å². The minimum absolute atomic E-state index is 0.438. The molecule has 1 aromatic heterocycles. The van der Waals surface area contributed by atoms with Gasteiger partial charge in [-0.2, -0.15) is 5.10 Å². The van der Waals surface area contributed by atoms with Crippen LogP contribution in [0.4, 0.5) is 0 Å². The summed E-state index contributed by atoms with van der Waals surface area (Å²) in [5.74, 6) is 0. The number of nitrogens with zero attached hydrogens (tertiary/aromatic N) is 2. The van der Waals surface area contributed by atoms with Crippen LogP contribution in [0.3, 0.4) is 0 Å². The molecule has 0 saturated heterocycles. The molecule has 2 rings (SSSR count). The molecule has 0 bridgehead atoms. The molecule has 0 aliphatic heterocycles. The van der Waals surface area contributed by atoms with Crippen LogP contribution in [0.5, 0.6) is 0 Å². The highest BCUT2D eigenvalue weighted by molar-refractivity contribution is 6.30. The summed E-state index contributed by atoms with van der Waals surface area (Å²) in [6.07, 6.45) is 2.92. The van der Waals surface area contributed by atoms with Crippen molar-refractivity contribution in [3.8, 4) is 0 Å². The maximum Gasteiger partial charge on any atom is 0.0986 e. The highest BCUT2D eigenvalue weighted by Crippen LogP contribution is 2.18. The maximum absolute atomic E-state index is 9.90. The average Bonchev–Trinajstić information content (AvgIpc) is 2.70. The fraction of sp³-hybridized carbons (Fsp3) is 0.182. The molecule has 78 valence electrons. The first-order valence-electron chi connectivity index (χ1n) is 4.66. The summed E-state index contributed by atoms with van der Waals surface area (Å²) in [5, 5.41) is 14.6. The summed E-state index contributed by atoms with van der Waals surface area (Å²) in [6.45, 7) is 0.438. The van der Waals surface area contributed by atoms with Gasteiger partial charge in [0.15, 0.2) is 0 Å². The van der Waals surface area contributed by atoms with Gasteiger partial charge in [-0.15, -0.1) is 0 Å². The normalized spacial score (nSPS) is 12.7. The van der Waals surface area contributed by atoms with Crippen LogP contribution in [0.1, 0.15) is 11.7 Å². The first-order chi connectivity index (χ1) is 7.25. The number of hydrogen-bond acceptors (Lipinski definition) is 2. The lowest BCUT2D eigenvalue weighted by Gasteiger charge is -2.11. The Bertz CT molecular complexity index is 428. The molecule has 4 heteroatoms. The monoisotopic (exact) mass is 222 g/mol. The smallest absolute Gasteiger partial charge is 0.0986 e. The molecular formula is C11H11ClN2O. The fourth-order valence-corrected chi connectivity index (χ4v) is 1.60. The van der Waals surface area contributed by atoms with Crippen molar-refractivity contribution < 1.29 is 5.11 Å². The Hall–Kier alpha value is -1.32. The molecule has 1 N–H and O–H groups in total. The van der Waals surface area contributed by atoms with E-state index in [4.69, 9.17) is 11.6 Å². The summed E-state index contributed by atoms with van der Waals surface area (Å²) in [4.78, 5) is 0. The van der Waals surface area contributed by atoms with Crippen LogP contribution >= 0.6 is 11.6 Å². The summed E-state index contributed by atoms with van der Waals surface area (Å²) in [7, 11) is 0. The second-order valence-corrected chi connectivity index (χ2v) is 3.74. The molecule has 0 spiro atoms. The third-order valence-corrected chi connectivity index (χ3v) is 2.39. The van der Waals surface area contributed by atoms with E-state index in [1.54, 1.807) is 23.0 Å². The minimum Gasteiger partial charge on any atom is -0.386 e. The molecule has 1 atom stereocenters. The number of hydrogen-bond donors (Lipinski definition) is 1. The van der Waals surface area contributed by atoms with Crippen LogP contribution in [-0.4, -0.2) is 14.9 Å². The molecule has 15 heavy (non-hydrogen) atoms. The van der Waals surface area contributed by atoms with Gasteiger partial charge in [-0.1, -0.05) is 23.7 Å². The molecule has 0 saturated carbocycles. The molecule has 0 aliphatic rings. The summed E-state index contributed by atoms with van der Waals surface area (Å²) >= 11 is 5.84. The maximum atomic E-state index is 9.90. The fourth-order valence-electron chi connectivity index (χ4n) is 1.40. The first-order valence-corrected chi connectivity index (χ1v) is 5.04.